The van der Waals surface area contributed by atoms with Crippen molar-refractivity contribution in [3.8, 4) is 0 Å². The van der Waals surface area contributed by atoms with Crippen LogP contribution in [0.3, 0.4) is 0 Å². The summed E-state index contributed by atoms with van der Waals surface area (Å²) in [6.45, 7) is 4.31. The van der Waals surface area contributed by atoms with Crippen molar-refractivity contribution in [2.24, 2.45) is 5.92 Å². The van der Waals surface area contributed by atoms with Crippen LogP contribution in [0, 0.1) is 12.8 Å². The predicted molar refractivity (Wildman–Crippen MR) is 74.0 cm³/mol. The maximum Gasteiger partial charge on any atom is 0.306 e. The summed E-state index contributed by atoms with van der Waals surface area (Å²) in [5.74, 6) is -0.752. The van der Waals surface area contributed by atoms with Crippen LogP contribution >= 0.6 is 11.3 Å². The molecule has 1 aromatic rings. The number of rotatable bonds is 4. The minimum atomic E-state index is -0.629. The van der Waals surface area contributed by atoms with Gasteiger partial charge in [-0.2, -0.15) is 0 Å². The maximum absolute atomic E-state index is 10.9. The third-order valence-corrected chi connectivity index (χ3v) is 4.93. The smallest absolute Gasteiger partial charge is 0.306 e. The highest BCUT2D eigenvalue weighted by Gasteiger charge is 2.26. The fraction of sp³-hybridized carbons (Fsp3) is 0.643. The summed E-state index contributed by atoms with van der Waals surface area (Å²) >= 11 is 1.83. The Morgan fingerprint density at radius 3 is 2.56 bits per heavy atom. The van der Waals surface area contributed by atoms with Crippen LogP contribution in [0.1, 0.15) is 48.4 Å². The molecule has 0 saturated heterocycles. The molecule has 3 nitrogen and oxygen atoms in total. The SMILES string of the molecule is Cc1ccc(C(C)NC2CCC(C(=O)O)CC2)s1. The molecule has 0 spiro atoms. The highest BCUT2D eigenvalue weighted by molar-refractivity contribution is 7.12. The van der Waals surface area contributed by atoms with Crippen molar-refractivity contribution in [2.45, 2.75) is 51.6 Å². The topological polar surface area (TPSA) is 49.3 Å². The molecule has 4 heteroatoms. The van der Waals surface area contributed by atoms with E-state index in [1.165, 1.54) is 9.75 Å². The first-order valence-electron chi connectivity index (χ1n) is 6.61. The van der Waals surface area contributed by atoms with Crippen LogP contribution in [0.5, 0.6) is 0 Å². The van der Waals surface area contributed by atoms with Gasteiger partial charge in [0.25, 0.3) is 0 Å². The monoisotopic (exact) mass is 267 g/mol. The number of carboxylic acids is 1. The van der Waals surface area contributed by atoms with Crippen LogP contribution < -0.4 is 5.32 Å². The van der Waals surface area contributed by atoms with Gasteiger partial charge in [0.2, 0.25) is 0 Å². The van der Waals surface area contributed by atoms with Gasteiger partial charge < -0.3 is 10.4 Å². The number of nitrogens with one attached hydrogen (secondary N) is 1. The van der Waals surface area contributed by atoms with Crippen LogP contribution in [-0.2, 0) is 4.79 Å². The van der Waals surface area contributed by atoms with Crippen LogP contribution in [0.15, 0.2) is 12.1 Å². The summed E-state index contributed by atoms with van der Waals surface area (Å²) in [6, 6.07) is 5.17. The second kappa shape index (κ2) is 5.85. The van der Waals surface area contributed by atoms with E-state index >= 15 is 0 Å². The van der Waals surface area contributed by atoms with Crippen molar-refractivity contribution < 1.29 is 9.90 Å². The second-order valence-electron chi connectivity index (χ2n) is 5.22. The Hall–Kier alpha value is -0.870. The number of thiophene rings is 1. The summed E-state index contributed by atoms with van der Waals surface area (Å²) < 4.78 is 0. The summed E-state index contributed by atoms with van der Waals surface area (Å²) in [4.78, 5) is 13.6. The standard InChI is InChI=1S/C14H21NO2S/c1-9-3-8-13(18-9)10(2)15-12-6-4-11(5-7-12)14(16)17/h3,8,10-12,15H,4-7H2,1-2H3,(H,16,17). The predicted octanol–water partition coefficient (Wildman–Crippen LogP) is 3.35. The average Bonchev–Trinajstić information content (AvgIpc) is 2.76. The van der Waals surface area contributed by atoms with E-state index in [-0.39, 0.29) is 5.92 Å². The minimum absolute atomic E-state index is 0.123. The molecule has 0 radical (unpaired) electrons. The van der Waals surface area contributed by atoms with E-state index in [0.717, 1.165) is 25.7 Å². The second-order valence-corrected chi connectivity index (χ2v) is 6.54. The number of hydrogen-bond acceptors (Lipinski definition) is 3. The fourth-order valence-corrected chi connectivity index (χ4v) is 3.52. The Labute approximate surface area is 112 Å². The van der Waals surface area contributed by atoms with Gasteiger partial charge in [-0.15, -0.1) is 11.3 Å². The highest BCUT2D eigenvalue weighted by Crippen LogP contribution is 2.28. The summed E-state index contributed by atoms with van der Waals surface area (Å²) in [7, 11) is 0. The van der Waals surface area contributed by atoms with Crippen molar-refractivity contribution in [1.29, 1.82) is 0 Å². The lowest BCUT2D eigenvalue weighted by Gasteiger charge is -2.29. The van der Waals surface area contributed by atoms with Gasteiger partial charge in [-0.25, -0.2) is 0 Å². The van der Waals surface area contributed by atoms with E-state index in [1.54, 1.807) is 0 Å². The molecule has 2 rings (SSSR count). The molecule has 1 heterocycles. The average molecular weight is 267 g/mol. The first-order valence-corrected chi connectivity index (χ1v) is 7.43. The van der Waals surface area contributed by atoms with Gasteiger partial charge >= 0.3 is 5.97 Å². The highest BCUT2D eigenvalue weighted by atomic mass is 32.1. The van der Waals surface area contributed by atoms with Gasteiger partial charge in [0, 0.05) is 21.8 Å². The number of hydrogen-bond donors (Lipinski definition) is 2. The third-order valence-electron chi connectivity index (χ3n) is 3.75. The van der Waals surface area contributed by atoms with Gasteiger partial charge in [-0.3, -0.25) is 4.79 Å². The Balaban J connectivity index is 1.83. The molecule has 0 bridgehead atoms. The molecule has 0 amide bonds. The van der Waals surface area contributed by atoms with E-state index in [9.17, 15) is 4.79 Å². The lowest BCUT2D eigenvalue weighted by Crippen LogP contribution is -2.36. The number of carboxylic acid groups (broad SMARTS) is 1. The van der Waals surface area contributed by atoms with E-state index in [2.05, 4.69) is 31.3 Å². The number of carbonyl (C=O) groups is 1. The summed E-state index contributed by atoms with van der Waals surface area (Å²) in [5, 5.41) is 12.6. The molecule has 1 aromatic heterocycles. The zero-order valence-corrected chi connectivity index (χ0v) is 11.8. The van der Waals surface area contributed by atoms with E-state index in [1.807, 2.05) is 11.3 Å². The molecule has 1 unspecified atom stereocenters. The lowest BCUT2D eigenvalue weighted by molar-refractivity contribution is -0.142. The van der Waals surface area contributed by atoms with Gasteiger partial charge in [-0.1, -0.05) is 0 Å². The van der Waals surface area contributed by atoms with Crippen LogP contribution in [0.25, 0.3) is 0 Å². The zero-order chi connectivity index (χ0) is 13.1. The summed E-state index contributed by atoms with van der Waals surface area (Å²) in [6.07, 6.45) is 3.57. The largest absolute Gasteiger partial charge is 0.481 e. The molecule has 2 N–H and O–H groups in total. The van der Waals surface area contributed by atoms with E-state index < -0.39 is 5.97 Å². The molecule has 100 valence electrons. The molecule has 1 atom stereocenters. The first kappa shape index (κ1) is 13.6. The molecular formula is C14H21NO2S. The van der Waals surface area contributed by atoms with Crippen molar-refractivity contribution in [3.63, 3.8) is 0 Å². The summed E-state index contributed by atoms with van der Waals surface area (Å²) in [5.41, 5.74) is 0. The Kier molecular flexibility index (Phi) is 4.40. The molecule has 1 saturated carbocycles. The van der Waals surface area contributed by atoms with E-state index in [4.69, 9.17) is 5.11 Å². The Morgan fingerprint density at radius 1 is 1.39 bits per heavy atom. The lowest BCUT2D eigenvalue weighted by atomic mass is 9.86. The first-order chi connectivity index (χ1) is 8.56. The zero-order valence-electron chi connectivity index (χ0n) is 11.0. The molecule has 1 aliphatic carbocycles. The molecule has 1 aliphatic rings. The molecule has 18 heavy (non-hydrogen) atoms. The van der Waals surface area contributed by atoms with Crippen molar-refractivity contribution in [3.05, 3.63) is 21.9 Å². The van der Waals surface area contributed by atoms with Crippen molar-refractivity contribution >= 4 is 17.3 Å². The maximum atomic E-state index is 10.9. The van der Waals surface area contributed by atoms with Crippen molar-refractivity contribution in [1.82, 2.24) is 5.32 Å². The van der Waals surface area contributed by atoms with Crippen molar-refractivity contribution in [2.75, 3.05) is 0 Å². The normalized spacial score (nSPS) is 25.9. The van der Waals surface area contributed by atoms with Gasteiger partial charge in [-0.05, 0) is 51.7 Å². The Bertz CT molecular complexity index is 408. The third kappa shape index (κ3) is 3.33. The Morgan fingerprint density at radius 2 is 2.06 bits per heavy atom. The molecule has 0 aromatic carbocycles. The van der Waals surface area contributed by atoms with Crippen LogP contribution in [0.4, 0.5) is 0 Å². The van der Waals surface area contributed by atoms with Crippen LogP contribution in [-0.4, -0.2) is 17.1 Å². The van der Waals surface area contributed by atoms with Crippen LogP contribution in [0.2, 0.25) is 0 Å². The van der Waals surface area contributed by atoms with Gasteiger partial charge in [0.1, 0.15) is 0 Å². The van der Waals surface area contributed by atoms with E-state index in [0.29, 0.717) is 12.1 Å². The fourth-order valence-electron chi connectivity index (χ4n) is 2.63. The molecule has 1 fully saturated rings. The quantitative estimate of drug-likeness (QED) is 0.879. The molecular weight excluding hydrogens is 246 g/mol. The minimum Gasteiger partial charge on any atom is -0.481 e. The van der Waals surface area contributed by atoms with Gasteiger partial charge in [0.15, 0.2) is 0 Å². The number of aryl methyl sites for hydroxylation is 1. The molecule has 0 aliphatic heterocycles. The van der Waals surface area contributed by atoms with Gasteiger partial charge in [0.05, 0.1) is 5.92 Å². The number of aliphatic carboxylic acids is 1.